The summed E-state index contributed by atoms with van der Waals surface area (Å²) in [5.41, 5.74) is 1.74. The van der Waals surface area contributed by atoms with Crippen molar-refractivity contribution in [3.05, 3.63) is 64.5 Å². The third-order valence-corrected chi connectivity index (χ3v) is 5.14. The second kappa shape index (κ2) is 6.94. The average molecular weight is 382 g/mol. The zero-order chi connectivity index (χ0) is 18.1. The molecule has 0 saturated carbocycles. The van der Waals surface area contributed by atoms with Crippen LogP contribution in [0.3, 0.4) is 0 Å². The smallest absolute Gasteiger partial charge is 0.163 e. The molecule has 2 heterocycles. The normalized spacial score (nSPS) is 10.9. The molecule has 6 heteroatoms. The lowest BCUT2D eigenvalue weighted by Crippen LogP contribution is -2.00. The molecule has 0 bridgehead atoms. The molecule has 2 aromatic carbocycles. The number of benzene rings is 2. The van der Waals surface area contributed by atoms with Gasteiger partial charge in [0.2, 0.25) is 0 Å². The summed E-state index contributed by atoms with van der Waals surface area (Å²) in [4.78, 5) is 11.6. The molecule has 0 fully saturated rings. The maximum Gasteiger partial charge on any atom is 0.163 e. The third kappa shape index (κ3) is 3.23. The number of nitrogens with one attached hydrogen (secondary N) is 1. The van der Waals surface area contributed by atoms with Crippen molar-refractivity contribution in [1.82, 2.24) is 9.97 Å². The maximum atomic E-state index is 6.16. The molecule has 0 amide bonds. The number of methoxy groups -OCH3 is 1. The van der Waals surface area contributed by atoms with Crippen LogP contribution in [0, 0.1) is 6.92 Å². The summed E-state index contributed by atoms with van der Waals surface area (Å²) in [6.07, 6.45) is 0. The van der Waals surface area contributed by atoms with Crippen molar-refractivity contribution in [3.63, 3.8) is 0 Å². The molecule has 26 heavy (non-hydrogen) atoms. The van der Waals surface area contributed by atoms with E-state index in [-0.39, 0.29) is 0 Å². The molecule has 0 saturated heterocycles. The number of hydrogen-bond donors (Lipinski definition) is 1. The quantitative estimate of drug-likeness (QED) is 0.466. The van der Waals surface area contributed by atoms with E-state index in [1.165, 1.54) is 4.88 Å². The first-order valence-corrected chi connectivity index (χ1v) is 9.27. The summed E-state index contributed by atoms with van der Waals surface area (Å²) in [6.45, 7) is 2.07. The van der Waals surface area contributed by atoms with Gasteiger partial charge < -0.3 is 10.1 Å². The summed E-state index contributed by atoms with van der Waals surface area (Å²) in [6, 6.07) is 17.5. The van der Waals surface area contributed by atoms with Crippen LogP contribution < -0.4 is 10.1 Å². The van der Waals surface area contributed by atoms with Crippen LogP contribution in [0.5, 0.6) is 5.75 Å². The SMILES string of the molecule is COc1ccc(Cl)cc1Nc1nc(-c2ccccc2)nc2sc(C)cc12. The first-order chi connectivity index (χ1) is 12.6. The molecule has 130 valence electrons. The Morgan fingerprint density at radius 3 is 2.62 bits per heavy atom. The van der Waals surface area contributed by atoms with Crippen molar-refractivity contribution in [2.45, 2.75) is 6.92 Å². The van der Waals surface area contributed by atoms with Gasteiger partial charge in [-0.2, -0.15) is 0 Å². The predicted molar refractivity (Wildman–Crippen MR) is 109 cm³/mol. The minimum Gasteiger partial charge on any atom is -0.495 e. The van der Waals surface area contributed by atoms with Crippen LogP contribution in [-0.4, -0.2) is 17.1 Å². The molecular weight excluding hydrogens is 366 g/mol. The van der Waals surface area contributed by atoms with Crippen LogP contribution in [0.1, 0.15) is 4.88 Å². The van der Waals surface area contributed by atoms with Crippen LogP contribution in [0.25, 0.3) is 21.6 Å². The van der Waals surface area contributed by atoms with E-state index < -0.39 is 0 Å². The highest BCUT2D eigenvalue weighted by atomic mass is 35.5. The van der Waals surface area contributed by atoms with Gasteiger partial charge in [-0.25, -0.2) is 9.97 Å². The largest absolute Gasteiger partial charge is 0.495 e. The number of nitrogens with zero attached hydrogens (tertiary/aromatic N) is 2. The first-order valence-electron chi connectivity index (χ1n) is 8.08. The van der Waals surface area contributed by atoms with Crippen LogP contribution >= 0.6 is 22.9 Å². The van der Waals surface area contributed by atoms with E-state index in [0.717, 1.165) is 27.3 Å². The Kier molecular flexibility index (Phi) is 4.49. The number of aromatic nitrogens is 2. The van der Waals surface area contributed by atoms with E-state index >= 15 is 0 Å². The molecule has 0 spiro atoms. The Morgan fingerprint density at radius 2 is 1.85 bits per heavy atom. The van der Waals surface area contributed by atoms with E-state index in [1.807, 2.05) is 42.5 Å². The average Bonchev–Trinajstić information content (AvgIpc) is 3.03. The zero-order valence-corrected chi connectivity index (χ0v) is 15.9. The lowest BCUT2D eigenvalue weighted by atomic mass is 10.2. The van der Waals surface area contributed by atoms with Gasteiger partial charge >= 0.3 is 0 Å². The fourth-order valence-corrected chi connectivity index (χ4v) is 3.81. The Bertz CT molecular complexity index is 1080. The van der Waals surface area contributed by atoms with Gasteiger partial charge in [0.25, 0.3) is 0 Å². The van der Waals surface area contributed by atoms with Crippen molar-refractivity contribution >= 4 is 44.7 Å². The standard InChI is InChI=1S/C20H16ClN3OS/c1-12-10-15-19(22-16-11-14(21)8-9-17(16)25-2)23-18(24-20(15)26-12)13-6-4-3-5-7-13/h3-11H,1-2H3,(H,22,23,24). The van der Waals surface area contributed by atoms with E-state index in [9.17, 15) is 0 Å². The topological polar surface area (TPSA) is 47.0 Å². The number of hydrogen-bond acceptors (Lipinski definition) is 5. The highest BCUT2D eigenvalue weighted by molar-refractivity contribution is 7.18. The molecule has 0 atom stereocenters. The second-order valence-electron chi connectivity index (χ2n) is 5.81. The molecule has 1 N–H and O–H groups in total. The fourth-order valence-electron chi connectivity index (χ4n) is 2.76. The zero-order valence-electron chi connectivity index (χ0n) is 14.3. The van der Waals surface area contributed by atoms with Crippen molar-refractivity contribution in [3.8, 4) is 17.1 Å². The van der Waals surface area contributed by atoms with E-state index in [0.29, 0.717) is 16.6 Å². The predicted octanol–water partition coefficient (Wildman–Crippen LogP) is 6.07. The Labute approximate surface area is 160 Å². The number of thiophene rings is 1. The second-order valence-corrected chi connectivity index (χ2v) is 7.48. The lowest BCUT2D eigenvalue weighted by Gasteiger charge is -2.12. The van der Waals surface area contributed by atoms with Crippen LogP contribution in [0.4, 0.5) is 11.5 Å². The van der Waals surface area contributed by atoms with Crippen molar-refractivity contribution < 1.29 is 4.74 Å². The minimum atomic E-state index is 0.628. The minimum absolute atomic E-state index is 0.628. The van der Waals surface area contributed by atoms with Gasteiger partial charge in [-0.1, -0.05) is 41.9 Å². The molecule has 0 radical (unpaired) electrons. The molecule has 0 aliphatic rings. The highest BCUT2D eigenvalue weighted by Gasteiger charge is 2.14. The summed E-state index contributed by atoms with van der Waals surface area (Å²) in [7, 11) is 1.63. The molecular formula is C20H16ClN3OS. The molecule has 4 nitrogen and oxygen atoms in total. The molecule has 0 aliphatic heterocycles. The molecule has 0 unspecified atom stereocenters. The van der Waals surface area contributed by atoms with Gasteiger partial charge in [-0.05, 0) is 31.2 Å². The number of rotatable bonds is 4. The Morgan fingerprint density at radius 1 is 1.04 bits per heavy atom. The van der Waals surface area contributed by atoms with Crippen molar-refractivity contribution in [2.75, 3.05) is 12.4 Å². The fraction of sp³-hybridized carbons (Fsp3) is 0.100. The van der Waals surface area contributed by atoms with Crippen LogP contribution in [0.15, 0.2) is 54.6 Å². The van der Waals surface area contributed by atoms with Gasteiger partial charge in [0.15, 0.2) is 5.82 Å². The van der Waals surface area contributed by atoms with Gasteiger partial charge in [-0.3, -0.25) is 0 Å². The van der Waals surface area contributed by atoms with Gasteiger partial charge in [0.05, 0.1) is 18.2 Å². The molecule has 4 rings (SSSR count). The Hall–Kier alpha value is -2.63. The van der Waals surface area contributed by atoms with E-state index in [4.69, 9.17) is 26.3 Å². The van der Waals surface area contributed by atoms with Gasteiger partial charge in [0.1, 0.15) is 16.4 Å². The lowest BCUT2D eigenvalue weighted by molar-refractivity contribution is 0.417. The maximum absolute atomic E-state index is 6.16. The first kappa shape index (κ1) is 16.8. The third-order valence-electron chi connectivity index (χ3n) is 3.96. The molecule has 0 aliphatic carbocycles. The number of anilines is 2. The highest BCUT2D eigenvalue weighted by Crippen LogP contribution is 2.35. The summed E-state index contributed by atoms with van der Waals surface area (Å²) in [5, 5.41) is 4.99. The van der Waals surface area contributed by atoms with Crippen molar-refractivity contribution in [1.29, 1.82) is 0 Å². The van der Waals surface area contributed by atoms with Crippen molar-refractivity contribution in [2.24, 2.45) is 0 Å². The Balaban J connectivity index is 1.87. The molecule has 4 aromatic rings. The van der Waals surface area contributed by atoms with E-state index in [2.05, 4.69) is 18.3 Å². The molecule has 2 aromatic heterocycles. The summed E-state index contributed by atoms with van der Waals surface area (Å²) in [5.74, 6) is 2.12. The monoisotopic (exact) mass is 381 g/mol. The number of halogens is 1. The number of fused-ring (bicyclic) bond motifs is 1. The van der Waals surface area contributed by atoms with Crippen LogP contribution in [-0.2, 0) is 0 Å². The number of ether oxygens (including phenoxy) is 1. The number of aryl methyl sites for hydroxylation is 1. The van der Waals surface area contributed by atoms with Gasteiger partial charge in [0, 0.05) is 15.5 Å². The summed E-state index contributed by atoms with van der Waals surface area (Å²) < 4.78 is 5.44. The summed E-state index contributed by atoms with van der Waals surface area (Å²) >= 11 is 7.81. The van der Waals surface area contributed by atoms with Gasteiger partial charge in [-0.15, -0.1) is 11.3 Å². The van der Waals surface area contributed by atoms with Crippen LogP contribution in [0.2, 0.25) is 5.02 Å². The van der Waals surface area contributed by atoms with E-state index in [1.54, 1.807) is 24.5 Å².